The van der Waals surface area contributed by atoms with Gasteiger partial charge in [0.15, 0.2) is 0 Å². The lowest BCUT2D eigenvalue weighted by atomic mass is 10.2. The molecule has 0 amide bonds. The molecule has 1 saturated heterocycles. The number of ether oxygens (including phenoxy) is 1. The van der Waals surface area contributed by atoms with Crippen LogP contribution in [0.3, 0.4) is 0 Å². The first-order valence-corrected chi connectivity index (χ1v) is 8.56. The molecule has 1 aromatic rings. The zero-order valence-corrected chi connectivity index (χ0v) is 13.3. The SMILES string of the molecule is Cc1cccc(N)c1S(=O)(=O)NC(C)CN1CCOCC1. The van der Waals surface area contributed by atoms with Gasteiger partial charge in [-0.1, -0.05) is 12.1 Å². The van der Waals surface area contributed by atoms with E-state index in [2.05, 4.69) is 9.62 Å². The van der Waals surface area contributed by atoms with Crippen LogP contribution in [0.5, 0.6) is 0 Å². The van der Waals surface area contributed by atoms with E-state index in [1.165, 1.54) is 0 Å². The van der Waals surface area contributed by atoms with Crippen molar-refractivity contribution in [2.24, 2.45) is 0 Å². The van der Waals surface area contributed by atoms with Crippen LogP contribution in [0.25, 0.3) is 0 Å². The molecule has 118 valence electrons. The van der Waals surface area contributed by atoms with Gasteiger partial charge in [-0.3, -0.25) is 4.90 Å². The van der Waals surface area contributed by atoms with E-state index >= 15 is 0 Å². The summed E-state index contributed by atoms with van der Waals surface area (Å²) in [5.41, 5.74) is 6.75. The number of hydrogen-bond donors (Lipinski definition) is 2. The summed E-state index contributed by atoms with van der Waals surface area (Å²) in [7, 11) is -3.60. The Morgan fingerprint density at radius 3 is 2.67 bits per heavy atom. The molecule has 7 heteroatoms. The fourth-order valence-corrected chi connectivity index (χ4v) is 4.17. The second-order valence-corrected chi connectivity index (χ2v) is 7.08. The zero-order chi connectivity index (χ0) is 15.5. The molecule has 0 aliphatic carbocycles. The number of rotatable bonds is 5. The first-order chi connectivity index (χ1) is 9.90. The molecular weight excluding hydrogens is 290 g/mol. The minimum Gasteiger partial charge on any atom is -0.398 e. The van der Waals surface area contributed by atoms with E-state index in [1.54, 1.807) is 25.1 Å². The number of nitrogens with one attached hydrogen (secondary N) is 1. The zero-order valence-electron chi connectivity index (χ0n) is 12.5. The van der Waals surface area contributed by atoms with Crippen molar-refractivity contribution in [2.75, 3.05) is 38.6 Å². The highest BCUT2D eigenvalue weighted by Crippen LogP contribution is 2.22. The summed E-state index contributed by atoms with van der Waals surface area (Å²) < 4.78 is 33.0. The number of benzene rings is 1. The van der Waals surface area contributed by atoms with Crippen LogP contribution in [-0.2, 0) is 14.8 Å². The molecule has 21 heavy (non-hydrogen) atoms. The van der Waals surface area contributed by atoms with Crippen LogP contribution >= 0.6 is 0 Å². The summed E-state index contributed by atoms with van der Waals surface area (Å²) in [6, 6.07) is 4.92. The number of morpholine rings is 1. The van der Waals surface area contributed by atoms with Crippen LogP contribution < -0.4 is 10.5 Å². The molecule has 1 aliphatic rings. The molecule has 2 rings (SSSR count). The van der Waals surface area contributed by atoms with Crippen LogP contribution in [0.4, 0.5) is 5.69 Å². The van der Waals surface area contributed by atoms with Crippen molar-refractivity contribution < 1.29 is 13.2 Å². The number of nitrogen functional groups attached to an aromatic ring is 1. The molecule has 1 aromatic carbocycles. The Hall–Kier alpha value is -1.15. The summed E-state index contributed by atoms with van der Waals surface area (Å²) in [4.78, 5) is 2.37. The van der Waals surface area contributed by atoms with E-state index in [4.69, 9.17) is 10.5 Å². The minimum atomic E-state index is -3.60. The maximum Gasteiger partial charge on any atom is 0.243 e. The van der Waals surface area contributed by atoms with Crippen LogP contribution in [0.15, 0.2) is 23.1 Å². The molecule has 3 N–H and O–H groups in total. The number of hydrogen-bond acceptors (Lipinski definition) is 5. The first-order valence-electron chi connectivity index (χ1n) is 7.07. The van der Waals surface area contributed by atoms with Gasteiger partial charge in [0, 0.05) is 25.7 Å². The number of sulfonamides is 1. The van der Waals surface area contributed by atoms with Crippen molar-refractivity contribution in [3.63, 3.8) is 0 Å². The van der Waals surface area contributed by atoms with E-state index in [0.717, 1.165) is 13.1 Å². The lowest BCUT2D eigenvalue weighted by Crippen LogP contribution is -2.46. The molecule has 6 nitrogen and oxygen atoms in total. The van der Waals surface area contributed by atoms with Gasteiger partial charge in [-0.15, -0.1) is 0 Å². The third kappa shape index (κ3) is 4.16. The van der Waals surface area contributed by atoms with E-state index in [-0.39, 0.29) is 16.6 Å². The molecule has 1 fully saturated rings. The highest BCUT2D eigenvalue weighted by atomic mass is 32.2. The van der Waals surface area contributed by atoms with Crippen molar-refractivity contribution in [1.29, 1.82) is 0 Å². The fourth-order valence-electron chi connectivity index (χ4n) is 2.57. The molecular formula is C14H23N3O3S. The van der Waals surface area contributed by atoms with E-state index < -0.39 is 10.0 Å². The Morgan fingerprint density at radius 1 is 1.38 bits per heavy atom. The Labute approximate surface area is 126 Å². The molecule has 0 spiro atoms. The molecule has 1 atom stereocenters. The van der Waals surface area contributed by atoms with E-state index in [9.17, 15) is 8.42 Å². The topological polar surface area (TPSA) is 84.7 Å². The smallest absolute Gasteiger partial charge is 0.243 e. The standard InChI is InChI=1S/C14H23N3O3S/c1-11-4-3-5-13(15)14(11)21(18,19)16-12(2)10-17-6-8-20-9-7-17/h3-5,12,16H,6-10,15H2,1-2H3. The number of anilines is 1. The van der Waals surface area contributed by atoms with Crippen molar-refractivity contribution in [3.05, 3.63) is 23.8 Å². The van der Waals surface area contributed by atoms with Gasteiger partial charge in [0.25, 0.3) is 0 Å². The minimum absolute atomic E-state index is 0.179. The quantitative estimate of drug-likeness (QED) is 0.777. The average Bonchev–Trinajstić information content (AvgIpc) is 2.38. The predicted molar refractivity (Wildman–Crippen MR) is 82.6 cm³/mol. The Balaban J connectivity index is 2.06. The summed E-state index contributed by atoms with van der Waals surface area (Å²) in [6.45, 7) is 7.33. The third-order valence-electron chi connectivity index (χ3n) is 3.50. The fraction of sp³-hybridized carbons (Fsp3) is 0.571. The van der Waals surface area contributed by atoms with Crippen LogP contribution in [-0.4, -0.2) is 52.2 Å². The third-order valence-corrected chi connectivity index (χ3v) is 5.31. The van der Waals surface area contributed by atoms with Gasteiger partial charge in [0.2, 0.25) is 10.0 Å². The van der Waals surface area contributed by atoms with Gasteiger partial charge >= 0.3 is 0 Å². The molecule has 0 aromatic heterocycles. The monoisotopic (exact) mass is 313 g/mol. The van der Waals surface area contributed by atoms with Gasteiger partial charge in [-0.2, -0.15) is 0 Å². The highest BCUT2D eigenvalue weighted by Gasteiger charge is 2.23. The van der Waals surface area contributed by atoms with Gasteiger partial charge in [-0.25, -0.2) is 13.1 Å². The summed E-state index contributed by atoms with van der Waals surface area (Å²) >= 11 is 0. The predicted octanol–water partition coefficient (Wildman–Crippen LogP) is 0.576. The lowest BCUT2D eigenvalue weighted by molar-refractivity contribution is 0.0354. The molecule has 0 bridgehead atoms. The van der Waals surface area contributed by atoms with Crippen LogP contribution in [0.2, 0.25) is 0 Å². The Kier molecular flexibility index (Phi) is 5.21. The first kappa shape index (κ1) is 16.2. The Bertz CT molecular complexity index is 563. The number of aryl methyl sites for hydroxylation is 1. The highest BCUT2D eigenvalue weighted by molar-refractivity contribution is 7.89. The average molecular weight is 313 g/mol. The summed E-state index contributed by atoms with van der Waals surface area (Å²) in [6.07, 6.45) is 0. The van der Waals surface area contributed by atoms with Crippen molar-refractivity contribution in [1.82, 2.24) is 9.62 Å². The Morgan fingerprint density at radius 2 is 2.05 bits per heavy atom. The molecule has 1 heterocycles. The molecule has 1 unspecified atom stereocenters. The van der Waals surface area contributed by atoms with Crippen LogP contribution in [0, 0.1) is 6.92 Å². The molecule has 0 radical (unpaired) electrons. The maximum atomic E-state index is 12.5. The number of nitrogens with two attached hydrogens (primary N) is 1. The van der Waals surface area contributed by atoms with Crippen molar-refractivity contribution >= 4 is 15.7 Å². The van der Waals surface area contributed by atoms with E-state index in [1.807, 2.05) is 6.92 Å². The summed E-state index contributed by atoms with van der Waals surface area (Å²) in [5.74, 6) is 0. The number of nitrogens with zero attached hydrogens (tertiary/aromatic N) is 1. The van der Waals surface area contributed by atoms with Gasteiger partial charge in [0.05, 0.1) is 18.9 Å². The van der Waals surface area contributed by atoms with E-state index in [0.29, 0.717) is 25.3 Å². The second-order valence-electron chi connectivity index (χ2n) is 5.43. The summed E-state index contributed by atoms with van der Waals surface area (Å²) in [5, 5.41) is 0. The van der Waals surface area contributed by atoms with Crippen LogP contribution in [0.1, 0.15) is 12.5 Å². The largest absolute Gasteiger partial charge is 0.398 e. The van der Waals surface area contributed by atoms with Crippen molar-refractivity contribution in [2.45, 2.75) is 24.8 Å². The molecule has 1 aliphatic heterocycles. The van der Waals surface area contributed by atoms with Gasteiger partial charge in [0.1, 0.15) is 4.90 Å². The molecule has 0 saturated carbocycles. The van der Waals surface area contributed by atoms with Gasteiger partial charge in [-0.05, 0) is 25.5 Å². The maximum absolute atomic E-state index is 12.5. The van der Waals surface area contributed by atoms with Crippen molar-refractivity contribution in [3.8, 4) is 0 Å². The lowest BCUT2D eigenvalue weighted by Gasteiger charge is -2.29. The second kappa shape index (κ2) is 6.74. The normalized spacial score (nSPS) is 18.6. The van der Waals surface area contributed by atoms with Gasteiger partial charge < -0.3 is 10.5 Å².